The summed E-state index contributed by atoms with van der Waals surface area (Å²) in [4.78, 5) is 2.11. The van der Waals surface area contributed by atoms with E-state index in [4.69, 9.17) is 15.6 Å². The maximum atomic E-state index is 8.73. The predicted molar refractivity (Wildman–Crippen MR) is 125 cm³/mol. The third-order valence-electron chi connectivity index (χ3n) is 6.97. The number of benzene rings is 1. The zero-order valence-corrected chi connectivity index (χ0v) is 18.9. The molecule has 1 aliphatic carbocycles. The summed E-state index contributed by atoms with van der Waals surface area (Å²) in [5, 5.41) is 17.1. The number of aromatic nitrogens is 1. The summed E-state index contributed by atoms with van der Waals surface area (Å²) in [5.74, 6) is 1.74. The Morgan fingerprint density at radius 1 is 1.06 bits per heavy atom. The molecular formula is C26H36N4O. The van der Waals surface area contributed by atoms with E-state index in [1.54, 1.807) is 10.6 Å². The molecule has 2 aliphatic rings. The van der Waals surface area contributed by atoms with Crippen molar-refractivity contribution in [1.29, 1.82) is 10.8 Å². The van der Waals surface area contributed by atoms with Crippen LogP contribution in [-0.4, -0.2) is 28.0 Å². The molecular weight excluding hydrogens is 384 g/mol. The summed E-state index contributed by atoms with van der Waals surface area (Å²) in [7, 11) is 0. The number of ether oxygens (including phenoxy) is 1. The molecule has 1 aromatic carbocycles. The van der Waals surface area contributed by atoms with Crippen molar-refractivity contribution in [1.82, 2.24) is 9.47 Å². The van der Waals surface area contributed by atoms with E-state index >= 15 is 0 Å². The van der Waals surface area contributed by atoms with Crippen LogP contribution in [0.25, 0.3) is 0 Å². The second-order valence-corrected chi connectivity index (χ2v) is 9.13. The number of hydrogen-bond donors (Lipinski definition) is 2. The van der Waals surface area contributed by atoms with Crippen LogP contribution in [0.15, 0.2) is 42.6 Å². The first-order chi connectivity index (χ1) is 15.1. The third kappa shape index (κ3) is 4.70. The first-order valence-electron chi connectivity index (χ1n) is 12.0. The maximum Gasteiger partial charge on any atom is 0.204 e. The lowest BCUT2D eigenvalue weighted by Gasteiger charge is -2.36. The number of pyridine rings is 1. The molecule has 5 nitrogen and oxygen atoms in total. The Morgan fingerprint density at radius 3 is 2.65 bits per heavy atom. The summed E-state index contributed by atoms with van der Waals surface area (Å²) in [5.41, 5.74) is 3.06. The SMILES string of the molecule is CCCC[C@H]1CC[C@@H](Oc2ccc(=N)n(C(=N)N3CCCC[C@@H]3C)c2)c2ccccc21. The highest BCUT2D eigenvalue weighted by atomic mass is 16.5. The Labute approximate surface area is 186 Å². The monoisotopic (exact) mass is 420 g/mol. The van der Waals surface area contributed by atoms with Crippen molar-refractivity contribution in [3.63, 3.8) is 0 Å². The Balaban J connectivity index is 1.55. The molecule has 1 saturated heterocycles. The van der Waals surface area contributed by atoms with Crippen LogP contribution in [0, 0.1) is 10.8 Å². The molecule has 31 heavy (non-hydrogen) atoms. The highest BCUT2D eigenvalue weighted by Crippen LogP contribution is 2.41. The van der Waals surface area contributed by atoms with Gasteiger partial charge < -0.3 is 9.64 Å². The van der Waals surface area contributed by atoms with Gasteiger partial charge in [-0.15, -0.1) is 0 Å². The van der Waals surface area contributed by atoms with E-state index in [0.717, 1.165) is 38.0 Å². The van der Waals surface area contributed by atoms with Gasteiger partial charge in [0.2, 0.25) is 5.96 Å². The van der Waals surface area contributed by atoms with Crippen molar-refractivity contribution in [2.75, 3.05) is 6.54 Å². The van der Waals surface area contributed by atoms with Gasteiger partial charge in [-0.2, -0.15) is 0 Å². The van der Waals surface area contributed by atoms with Gasteiger partial charge in [0.15, 0.2) is 0 Å². The van der Waals surface area contributed by atoms with Crippen LogP contribution in [0.1, 0.15) is 88.4 Å². The van der Waals surface area contributed by atoms with Crippen LogP contribution in [0.4, 0.5) is 0 Å². The molecule has 0 amide bonds. The van der Waals surface area contributed by atoms with Crippen molar-refractivity contribution in [3.05, 3.63) is 59.2 Å². The minimum Gasteiger partial charge on any atom is -0.484 e. The third-order valence-corrected chi connectivity index (χ3v) is 6.97. The molecule has 0 radical (unpaired) electrons. The molecule has 0 spiro atoms. The standard InChI is InChI=1S/C26H36N4O/c1-3-4-10-20-13-15-24(23-12-6-5-11-22(20)23)31-21-14-16-25(27)30(18-21)26(28)29-17-8-7-9-19(29)2/h5-6,11-12,14,16,18-20,24,27-28H,3-4,7-10,13,15,17H2,1-2H3/t19-,20-,24+/m0/s1. The largest absolute Gasteiger partial charge is 0.484 e. The highest BCUT2D eigenvalue weighted by Gasteiger charge is 2.28. The predicted octanol–water partition coefficient (Wildman–Crippen LogP) is 5.81. The average molecular weight is 421 g/mol. The number of nitrogens with zero attached hydrogens (tertiary/aromatic N) is 2. The van der Waals surface area contributed by atoms with Crippen molar-refractivity contribution in [2.24, 2.45) is 0 Å². The zero-order valence-electron chi connectivity index (χ0n) is 18.9. The van der Waals surface area contributed by atoms with E-state index < -0.39 is 0 Å². The van der Waals surface area contributed by atoms with Gasteiger partial charge in [0, 0.05) is 12.6 Å². The van der Waals surface area contributed by atoms with E-state index in [2.05, 4.69) is 43.0 Å². The van der Waals surface area contributed by atoms with Crippen molar-refractivity contribution < 1.29 is 4.74 Å². The van der Waals surface area contributed by atoms with Crippen LogP contribution in [0.2, 0.25) is 0 Å². The molecule has 1 aromatic heterocycles. The first kappa shape index (κ1) is 21.7. The summed E-state index contributed by atoms with van der Waals surface area (Å²) in [6.07, 6.45) is 11.2. The summed E-state index contributed by atoms with van der Waals surface area (Å²) in [6, 6.07) is 12.7. The lowest BCUT2D eigenvalue weighted by molar-refractivity contribution is 0.173. The number of unbranched alkanes of at least 4 members (excludes halogenated alkanes) is 1. The van der Waals surface area contributed by atoms with Gasteiger partial charge >= 0.3 is 0 Å². The van der Waals surface area contributed by atoms with E-state index in [9.17, 15) is 0 Å². The van der Waals surface area contributed by atoms with Gasteiger partial charge in [-0.3, -0.25) is 15.4 Å². The van der Waals surface area contributed by atoms with Gasteiger partial charge in [0.05, 0.1) is 6.20 Å². The first-order valence-corrected chi connectivity index (χ1v) is 12.0. The molecule has 0 unspecified atom stereocenters. The van der Waals surface area contributed by atoms with E-state index in [-0.39, 0.29) is 6.10 Å². The quantitative estimate of drug-likeness (QED) is 0.473. The molecule has 0 saturated carbocycles. The van der Waals surface area contributed by atoms with Crippen molar-refractivity contribution in [3.8, 4) is 5.75 Å². The van der Waals surface area contributed by atoms with E-state index in [1.165, 1.54) is 36.8 Å². The van der Waals surface area contributed by atoms with Crippen molar-refractivity contribution in [2.45, 2.75) is 83.3 Å². The van der Waals surface area contributed by atoms with Crippen LogP contribution in [0.5, 0.6) is 5.75 Å². The normalized spacial score (nSPS) is 23.3. The van der Waals surface area contributed by atoms with Crippen LogP contribution in [-0.2, 0) is 0 Å². The molecule has 1 aliphatic heterocycles. The number of rotatable bonds is 5. The lowest BCUT2D eigenvalue weighted by Crippen LogP contribution is -2.47. The summed E-state index contributed by atoms with van der Waals surface area (Å²) >= 11 is 0. The van der Waals surface area contributed by atoms with Gasteiger partial charge in [0.25, 0.3) is 0 Å². The van der Waals surface area contributed by atoms with Gasteiger partial charge in [-0.1, -0.05) is 44.0 Å². The lowest BCUT2D eigenvalue weighted by atomic mass is 9.79. The summed E-state index contributed by atoms with van der Waals surface area (Å²) < 4.78 is 8.14. The van der Waals surface area contributed by atoms with Crippen LogP contribution >= 0.6 is 0 Å². The van der Waals surface area contributed by atoms with Gasteiger partial charge in [-0.05, 0) is 74.6 Å². The number of fused-ring (bicyclic) bond motifs is 1. The van der Waals surface area contributed by atoms with E-state index in [0.29, 0.717) is 23.4 Å². The molecule has 5 heteroatoms. The molecule has 4 rings (SSSR count). The molecule has 2 N–H and O–H groups in total. The Morgan fingerprint density at radius 2 is 1.87 bits per heavy atom. The molecule has 166 valence electrons. The average Bonchev–Trinajstić information content (AvgIpc) is 2.79. The van der Waals surface area contributed by atoms with Crippen molar-refractivity contribution >= 4 is 5.96 Å². The number of likely N-dealkylation sites (tertiary alicyclic amines) is 1. The van der Waals surface area contributed by atoms with Gasteiger partial charge in [-0.25, -0.2) is 0 Å². The molecule has 1 fully saturated rings. The molecule has 2 heterocycles. The second-order valence-electron chi connectivity index (χ2n) is 9.13. The molecule has 0 bridgehead atoms. The van der Waals surface area contributed by atoms with E-state index in [1.807, 2.05) is 12.3 Å². The maximum absolute atomic E-state index is 8.73. The topological polar surface area (TPSA) is 65.1 Å². The highest BCUT2D eigenvalue weighted by molar-refractivity contribution is 5.79. The zero-order chi connectivity index (χ0) is 21.8. The van der Waals surface area contributed by atoms with Gasteiger partial charge in [0.1, 0.15) is 17.3 Å². The smallest absolute Gasteiger partial charge is 0.204 e. The Hall–Kier alpha value is -2.56. The Bertz CT molecular complexity index is 966. The fourth-order valence-electron chi connectivity index (χ4n) is 5.15. The molecule has 2 aromatic rings. The summed E-state index contributed by atoms with van der Waals surface area (Å²) in [6.45, 7) is 5.31. The Kier molecular flexibility index (Phi) is 6.79. The minimum absolute atomic E-state index is 0.0298. The number of hydrogen-bond acceptors (Lipinski definition) is 3. The number of piperidine rings is 1. The second kappa shape index (κ2) is 9.71. The van der Waals surface area contributed by atoms with Crippen LogP contribution in [0.3, 0.4) is 0 Å². The minimum atomic E-state index is 0.0298. The fraction of sp³-hybridized carbons (Fsp3) is 0.538. The number of nitrogens with one attached hydrogen (secondary N) is 2. The van der Waals surface area contributed by atoms with Crippen LogP contribution < -0.4 is 10.2 Å². The fourth-order valence-corrected chi connectivity index (χ4v) is 5.15. The molecule has 3 atom stereocenters.